The third-order valence-corrected chi connectivity index (χ3v) is 3.99. The molecular formula is C17H27ClN2O2. The number of carbonyl (C=O) groups excluding carboxylic acids is 1. The second-order valence-electron chi connectivity index (χ2n) is 5.91. The van der Waals surface area contributed by atoms with Gasteiger partial charge in [-0.25, -0.2) is 0 Å². The second-order valence-corrected chi connectivity index (χ2v) is 5.91. The molecule has 1 amide bonds. The zero-order chi connectivity index (χ0) is 15.2. The number of amides is 1. The summed E-state index contributed by atoms with van der Waals surface area (Å²) in [6.45, 7) is 7.25. The van der Waals surface area contributed by atoms with E-state index in [0.29, 0.717) is 11.6 Å². The van der Waals surface area contributed by atoms with Gasteiger partial charge >= 0.3 is 0 Å². The van der Waals surface area contributed by atoms with Crippen molar-refractivity contribution in [2.45, 2.75) is 58.2 Å². The number of hydrogen-bond acceptors (Lipinski definition) is 3. The smallest absolute Gasteiger partial charge is 0.251 e. The van der Waals surface area contributed by atoms with E-state index >= 15 is 0 Å². The van der Waals surface area contributed by atoms with Gasteiger partial charge in [0.1, 0.15) is 5.75 Å². The Morgan fingerprint density at radius 1 is 1.41 bits per heavy atom. The van der Waals surface area contributed by atoms with Gasteiger partial charge < -0.3 is 15.4 Å². The van der Waals surface area contributed by atoms with Crippen molar-refractivity contribution < 1.29 is 9.53 Å². The second kappa shape index (κ2) is 9.01. The number of hydrogen-bond donors (Lipinski definition) is 2. The quantitative estimate of drug-likeness (QED) is 0.874. The standard InChI is InChI=1S/C17H26N2O2.ClH/c1-4-13(3)21-16-7-5-14(6-8-16)17(20)19-15-9-10-18-12(2)11-15;/h5-8,12-13,15,18H,4,9-11H2,1-3H3,(H,19,20);1H. The fourth-order valence-electron chi connectivity index (χ4n) is 2.53. The van der Waals surface area contributed by atoms with Gasteiger partial charge in [0.25, 0.3) is 5.91 Å². The van der Waals surface area contributed by atoms with E-state index in [0.717, 1.165) is 31.6 Å². The lowest BCUT2D eigenvalue weighted by atomic mass is 10.0. The molecule has 3 unspecified atom stereocenters. The molecule has 0 bridgehead atoms. The molecule has 0 aromatic heterocycles. The van der Waals surface area contributed by atoms with Crippen molar-refractivity contribution in [3.8, 4) is 5.75 Å². The molecule has 1 aromatic rings. The maximum atomic E-state index is 12.2. The summed E-state index contributed by atoms with van der Waals surface area (Å²) in [6.07, 6.45) is 3.14. The zero-order valence-corrected chi connectivity index (χ0v) is 14.4. The number of benzene rings is 1. The van der Waals surface area contributed by atoms with Crippen LogP contribution >= 0.6 is 12.4 Å². The van der Waals surface area contributed by atoms with Gasteiger partial charge in [0.05, 0.1) is 6.10 Å². The van der Waals surface area contributed by atoms with Gasteiger partial charge in [-0.05, 0) is 63.9 Å². The molecule has 1 aromatic carbocycles. The van der Waals surface area contributed by atoms with Gasteiger partial charge in [-0.1, -0.05) is 6.92 Å². The Morgan fingerprint density at radius 3 is 2.68 bits per heavy atom. The van der Waals surface area contributed by atoms with Crippen molar-refractivity contribution in [2.24, 2.45) is 0 Å². The molecule has 1 aliphatic heterocycles. The van der Waals surface area contributed by atoms with E-state index < -0.39 is 0 Å². The van der Waals surface area contributed by atoms with Crippen LogP contribution in [0.1, 0.15) is 50.4 Å². The maximum Gasteiger partial charge on any atom is 0.251 e. The monoisotopic (exact) mass is 326 g/mol. The average molecular weight is 327 g/mol. The Morgan fingerprint density at radius 2 is 2.09 bits per heavy atom. The molecule has 0 aliphatic carbocycles. The minimum absolute atomic E-state index is 0. The van der Waals surface area contributed by atoms with E-state index in [-0.39, 0.29) is 30.5 Å². The fourth-order valence-corrected chi connectivity index (χ4v) is 2.53. The summed E-state index contributed by atoms with van der Waals surface area (Å²) in [7, 11) is 0. The summed E-state index contributed by atoms with van der Waals surface area (Å²) in [6, 6.07) is 8.13. The van der Waals surface area contributed by atoms with Gasteiger partial charge in [-0.3, -0.25) is 4.79 Å². The molecule has 3 atom stereocenters. The highest BCUT2D eigenvalue weighted by Gasteiger charge is 2.20. The van der Waals surface area contributed by atoms with Crippen molar-refractivity contribution in [1.82, 2.24) is 10.6 Å². The Balaban J connectivity index is 0.00000242. The minimum atomic E-state index is 0. The van der Waals surface area contributed by atoms with Crippen LogP contribution in [0.15, 0.2) is 24.3 Å². The molecule has 2 rings (SSSR count). The molecule has 0 spiro atoms. The molecule has 0 saturated carbocycles. The lowest BCUT2D eigenvalue weighted by molar-refractivity contribution is 0.0925. The van der Waals surface area contributed by atoms with E-state index in [1.54, 1.807) is 0 Å². The molecule has 1 fully saturated rings. The van der Waals surface area contributed by atoms with Crippen LogP contribution in [0, 0.1) is 0 Å². The van der Waals surface area contributed by atoms with E-state index in [2.05, 4.69) is 24.5 Å². The highest BCUT2D eigenvalue weighted by Crippen LogP contribution is 2.16. The van der Waals surface area contributed by atoms with Crippen LogP contribution in [0.4, 0.5) is 0 Å². The molecule has 1 aliphatic rings. The Kier molecular flexibility index (Phi) is 7.69. The predicted molar refractivity (Wildman–Crippen MR) is 92.0 cm³/mol. The number of ether oxygens (including phenoxy) is 1. The van der Waals surface area contributed by atoms with E-state index in [4.69, 9.17) is 4.74 Å². The highest BCUT2D eigenvalue weighted by atomic mass is 35.5. The van der Waals surface area contributed by atoms with Crippen LogP contribution < -0.4 is 15.4 Å². The van der Waals surface area contributed by atoms with E-state index in [1.165, 1.54) is 0 Å². The van der Waals surface area contributed by atoms with Crippen molar-refractivity contribution in [1.29, 1.82) is 0 Å². The number of halogens is 1. The topological polar surface area (TPSA) is 50.4 Å². The first kappa shape index (κ1) is 18.8. The summed E-state index contributed by atoms with van der Waals surface area (Å²) in [4.78, 5) is 12.2. The van der Waals surface area contributed by atoms with Gasteiger partial charge in [-0.2, -0.15) is 0 Å². The van der Waals surface area contributed by atoms with Gasteiger partial charge in [0.2, 0.25) is 0 Å². The van der Waals surface area contributed by atoms with Crippen molar-refractivity contribution >= 4 is 18.3 Å². The van der Waals surface area contributed by atoms with Crippen LogP contribution in [0.5, 0.6) is 5.75 Å². The first-order chi connectivity index (χ1) is 10.1. The third-order valence-electron chi connectivity index (χ3n) is 3.99. The molecule has 124 valence electrons. The summed E-state index contributed by atoms with van der Waals surface area (Å²) in [5, 5.41) is 6.51. The molecule has 0 radical (unpaired) electrons. The highest BCUT2D eigenvalue weighted by molar-refractivity contribution is 5.94. The first-order valence-electron chi connectivity index (χ1n) is 7.89. The van der Waals surface area contributed by atoms with Crippen LogP contribution in [0.2, 0.25) is 0 Å². The number of nitrogens with one attached hydrogen (secondary N) is 2. The van der Waals surface area contributed by atoms with Crippen LogP contribution in [-0.4, -0.2) is 30.6 Å². The fraction of sp³-hybridized carbons (Fsp3) is 0.588. The average Bonchev–Trinajstić information content (AvgIpc) is 2.47. The molecule has 1 saturated heterocycles. The normalized spacial score (nSPS) is 22.3. The third kappa shape index (κ3) is 5.50. The minimum Gasteiger partial charge on any atom is -0.491 e. The largest absolute Gasteiger partial charge is 0.491 e. The SMILES string of the molecule is CCC(C)Oc1ccc(C(=O)NC2CCNC(C)C2)cc1.Cl. The molecule has 4 nitrogen and oxygen atoms in total. The Bertz CT molecular complexity index is 464. The summed E-state index contributed by atoms with van der Waals surface area (Å²) < 4.78 is 5.72. The maximum absolute atomic E-state index is 12.2. The molecule has 5 heteroatoms. The Labute approximate surface area is 139 Å². The van der Waals surface area contributed by atoms with E-state index in [9.17, 15) is 4.79 Å². The molecule has 22 heavy (non-hydrogen) atoms. The molecular weight excluding hydrogens is 300 g/mol. The Hall–Kier alpha value is -1.26. The predicted octanol–water partition coefficient (Wildman–Crippen LogP) is 3.16. The van der Waals surface area contributed by atoms with Crippen LogP contribution in [0.25, 0.3) is 0 Å². The zero-order valence-electron chi connectivity index (χ0n) is 13.6. The summed E-state index contributed by atoms with van der Waals surface area (Å²) in [5.41, 5.74) is 0.692. The number of carbonyl (C=O) groups is 1. The lowest BCUT2D eigenvalue weighted by Crippen LogP contribution is -2.46. The van der Waals surface area contributed by atoms with Gasteiger partial charge in [-0.15, -0.1) is 12.4 Å². The van der Waals surface area contributed by atoms with Gasteiger partial charge in [0, 0.05) is 17.6 Å². The number of rotatable bonds is 5. The van der Waals surface area contributed by atoms with Crippen molar-refractivity contribution in [3.05, 3.63) is 29.8 Å². The summed E-state index contributed by atoms with van der Waals surface area (Å²) in [5.74, 6) is 0.820. The number of piperidine rings is 1. The molecule has 1 heterocycles. The van der Waals surface area contributed by atoms with Gasteiger partial charge in [0.15, 0.2) is 0 Å². The van der Waals surface area contributed by atoms with Crippen LogP contribution in [-0.2, 0) is 0 Å². The van der Waals surface area contributed by atoms with E-state index in [1.807, 2.05) is 31.2 Å². The molecule has 2 N–H and O–H groups in total. The van der Waals surface area contributed by atoms with Crippen LogP contribution in [0.3, 0.4) is 0 Å². The van der Waals surface area contributed by atoms with Crippen molar-refractivity contribution in [2.75, 3.05) is 6.54 Å². The summed E-state index contributed by atoms with van der Waals surface area (Å²) >= 11 is 0. The lowest BCUT2D eigenvalue weighted by Gasteiger charge is -2.28. The first-order valence-corrected chi connectivity index (χ1v) is 7.89. The van der Waals surface area contributed by atoms with Crippen molar-refractivity contribution in [3.63, 3.8) is 0 Å².